The molecule has 0 amide bonds. The van der Waals surface area contributed by atoms with E-state index in [1.54, 1.807) is 0 Å². The third-order valence-corrected chi connectivity index (χ3v) is 19.5. The van der Waals surface area contributed by atoms with Gasteiger partial charge >= 0.3 is 5.51 Å². The second kappa shape index (κ2) is 28.6. The first-order chi connectivity index (χ1) is 39.5. The molecule has 12 aromatic rings. The molecule has 0 aliphatic heterocycles. The summed E-state index contributed by atoms with van der Waals surface area (Å²) < 4.78 is 93.0. The van der Waals surface area contributed by atoms with Crippen LogP contribution in [0.1, 0.15) is 0 Å². The van der Waals surface area contributed by atoms with E-state index < -0.39 is 26.0 Å². The van der Waals surface area contributed by atoms with Crippen LogP contribution in [-0.4, -0.2) is 36.0 Å². The summed E-state index contributed by atoms with van der Waals surface area (Å²) in [6.07, 6.45) is 0. The Bertz CT molecular complexity index is 3650. The van der Waals surface area contributed by atoms with Crippen LogP contribution < -0.4 is 0 Å². The summed E-state index contributed by atoms with van der Waals surface area (Å²) in [7, 11) is -11.5. The average molecular weight is 1190 g/mol. The van der Waals surface area contributed by atoms with Gasteiger partial charge in [-0.05, 0) is 125 Å². The highest BCUT2D eigenvalue weighted by Crippen LogP contribution is 2.38. The van der Waals surface area contributed by atoms with E-state index in [0.717, 1.165) is 0 Å². The third-order valence-electron chi connectivity index (χ3n) is 12.1. The van der Waals surface area contributed by atoms with E-state index in [2.05, 4.69) is 309 Å². The lowest BCUT2D eigenvalue weighted by Crippen LogP contribution is -2.21. The fourth-order valence-corrected chi connectivity index (χ4v) is 15.4. The van der Waals surface area contributed by atoms with Crippen molar-refractivity contribution < 1.29 is 43.7 Å². The SMILES string of the molecule is O=S(=O)([O-])C(F)(F)F.O=S(=O)([O-])[O-].c1ccc([S+](c2ccccc2)c2cccc3ccccc23)cc1.c1ccc([S+](c2ccccc2)c2cccc3ccccc23)cc1.c1ccc([S+](c2ccccc2)c2cccc3ccccc23)cc1. The number of benzene rings is 12. The van der Waals surface area contributed by atoms with Crippen LogP contribution in [0.15, 0.2) is 353 Å². The monoisotopic (exact) mass is 1180 g/mol. The van der Waals surface area contributed by atoms with Gasteiger partial charge in [0.2, 0.25) is 0 Å². The first-order valence-electron chi connectivity index (χ1n) is 25.2. The molecule has 0 bridgehead atoms. The van der Waals surface area contributed by atoms with Crippen LogP contribution in [0.2, 0.25) is 0 Å². The molecule has 0 fully saturated rings. The lowest BCUT2D eigenvalue weighted by Gasteiger charge is -2.10. The minimum Gasteiger partial charge on any atom is -0.759 e. The maximum Gasteiger partial charge on any atom is 0.485 e. The smallest absolute Gasteiger partial charge is 0.485 e. The summed E-state index contributed by atoms with van der Waals surface area (Å²) in [6, 6.07) is 111. The molecule has 0 unspecified atom stereocenters. The molecule has 0 radical (unpaired) electrons. The first-order valence-corrected chi connectivity index (χ1v) is 31.6. The Morgan fingerprint density at radius 1 is 0.256 bits per heavy atom. The van der Waals surface area contributed by atoms with Gasteiger partial charge in [-0.3, -0.25) is 8.42 Å². The molecular formula is C67H51F3O7S5. The van der Waals surface area contributed by atoms with E-state index in [-0.39, 0.29) is 32.7 Å². The molecule has 0 atom stereocenters. The van der Waals surface area contributed by atoms with E-state index in [1.807, 2.05) is 0 Å². The molecular weight excluding hydrogens is 1130 g/mol. The average Bonchev–Trinajstić information content (AvgIpc) is 3.51. The van der Waals surface area contributed by atoms with Gasteiger partial charge in [-0.2, -0.15) is 13.2 Å². The summed E-state index contributed by atoms with van der Waals surface area (Å²) >= 11 is 0. The number of rotatable bonds is 9. The summed E-state index contributed by atoms with van der Waals surface area (Å²) in [5.74, 6) is 0. The van der Waals surface area contributed by atoms with Crippen LogP contribution in [0.5, 0.6) is 0 Å². The number of alkyl halides is 3. The van der Waals surface area contributed by atoms with Gasteiger partial charge in [0.1, 0.15) is 0 Å². The molecule has 0 spiro atoms. The van der Waals surface area contributed by atoms with Crippen LogP contribution in [0.25, 0.3) is 32.3 Å². The molecule has 0 saturated carbocycles. The molecule has 0 aromatic heterocycles. The van der Waals surface area contributed by atoms with Crippen molar-refractivity contribution >= 4 is 85.5 Å². The van der Waals surface area contributed by atoms with E-state index in [9.17, 15) is 13.2 Å². The molecule has 0 N–H and O–H groups in total. The van der Waals surface area contributed by atoms with Crippen LogP contribution in [-0.2, 0) is 53.2 Å². The van der Waals surface area contributed by atoms with Crippen LogP contribution in [0.4, 0.5) is 13.2 Å². The maximum atomic E-state index is 10.7. The predicted octanol–water partition coefficient (Wildman–Crippen LogP) is 16.5. The Morgan fingerprint density at radius 3 is 0.598 bits per heavy atom. The third kappa shape index (κ3) is 16.6. The normalized spacial score (nSPS) is 11.3. The Balaban J connectivity index is 0.000000145. The van der Waals surface area contributed by atoms with E-state index in [1.165, 1.54) is 76.4 Å². The summed E-state index contributed by atoms with van der Waals surface area (Å²) in [5, 5.41) is 7.92. The molecule has 0 aliphatic carbocycles. The lowest BCUT2D eigenvalue weighted by atomic mass is 10.1. The highest BCUT2D eigenvalue weighted by molar-refractivity contribution is 7.98. The number of hydrogen-bond acceptors (Lipinski definition) is 7. The van der Waals surface area contributed by atoms with Crippen LogP contribution in [0.3, 0.4) is 0 Å². The van der Waals surface area contributed by atoms with Gasteiger partial charge in [0, 0.05) is 26.6 Å². The van der Waals surface area contributed by atoms with Gasteiger partial charge in [0.25, 0.3) is 0 Å². The lowest BCUT2D eigenvalue weighted by molar-refractivity contribution is -0.0517. The Kier molecular flexibility index (Phi) is 21.0. The van der Waals surface area contributed by atoms with Crippen LogP contribution >= 0.6 is 0 Å². The molecule has 12 aromatic carbocycles. The Hall–Kier alpha value is -7.96. The molecule has 0 saturated heterocycles. The fourth-order valence-electron chi connectivity index (χ4n) is 8.63. The standard InChI is InChI=1S/3C22H17S.CHF3O3S.H2O4S/c3*1-3-12-19(13-4-1)23(20-14-5-2-6-15-20)22-17-9-11-18-10-7-8-16-21(18)22;2-1(3,4)8(5,6)7;1-5(2,3)4/h3*1-17H;(H,5,6,7);(H2,1,2,3,4)/q3*+1;;/p-3. The van der Waals surface area contributed by atoms with Crippen molar-refractivity contribution in [3.05, 3.63) is 309 Å². The molecule has 15 heteroatoms. The van der Waals surface area contributed by atoms with Crippen LogP contribution in [0, 0.1) is 0 Å². The van der Waals surface area contributed by atoms with Crippen molar-refractivity contribution in [3.63, 3.8) is 0 Å². The second-order valence-corrected chi connectivity index (χ2v) is 25.7. The number of halogens is 3. The summed E-state index contributed by atoms with van der Waals surface area (Å²) in [6.45, 7) is 0. The Labute approximate surface area is 484 Å². The molecule has 0 aliphatic rings. The zero-order valence-electron chi connectivity index (χ0n) is 43.5. The first kappa shape index (κ1) is 60.1. The second-order valence-electron chi connectivity index (χ2n) is 17.5. The number of hydrogen-bond donors (Lipinski definition) is 0. The van der Waals surface area contributed by atoms with Gasteiger partial charge in [0.15, 0.2) is 54.2 Å². The van der Waals surface area contributed by atoms with Crippen molar-refractivity contribution in [1.82, 2.24) is 0 Å². The predicted molar refractivity (Wildman–Crippen MR) is 323 cm³/mol. The zero-order valence-corrected chi connectivity index (χ0v) is 47.6. The van der Waals surface area contributed by atoms with Crippen molar-refractivity contribution in [2.45, 2.75) is 49.6 Å². The topological polar surface area (TPSA) is 137 Å². The summed E-state index contributed by atoms with van der Waals surface area (Å²) in [4.78, 5) is 12.3. The molecule has 7 nitrogen and oxygen atoms in total. The van der Waals surface area contributed by atoms with Crippen molar-refractivity contribution in [1.29, 1.82) is 0 Å². The van der Waals surface area contributed by atoms with Gasteiger partial charge in [-0.15, -0.1) is 0 Å². The highest BCUT2D eigenvalue weighted by Gasteiger charge is 2.37. The summed E-state index contributed by atoms with van der Waals surface area (Å²) in [5.41, 5.74) is -5.65. The fraction of sp³-hybridized carbons (Fsp3) is 0.0149. The van der Waals surface area contributed by atoms with E-state index in [0.29, 0.717) is 0 Å². The van der Waals surface area contributed by atoms with Crippen molar-refractivity contribution in [3.8, 4) is 0 Å². The van der Waals surface area contributed by atoms with Gasteiger partial charge in [-0.1, -0.05) is 200 Å². The van der Waals surface area contributed by atoms with Gasteiger partial charge in [0.05, 0.1) is 32.7 Å². The minimum atomic E-state index is -6.09. The van der Waals surface area contributed by atoms with Crippen molar-refractivity contribution in [2.24, 2.45) is 0 Å². The van der Waals surface area contributed by atoms with Gasteiger partial charge < -0.3 is 13.7 Å². The maximum absolute atomic E-state index is 10.7. The van der Waals surface area contributed by atoms with E-state index >= 15 is 0 Å². The molecule has 0 heterocycles. The molecule has 12 rings (SSSR count). The quantitative estimate of drug-likeness (QED) is 0.0607. The van der Waals surface area contributed by atoms with Gasteiger partial charge in [-0.25, -0.2) is 8.42 Å². The molecule has 82 heavy (non-hydrogen) atoms. The Morgan fingerprint density at radius 2 is 0.415 bits per heavy atom. The molecule has 412 valence electrons. The highest BCUT2D eigenvalue weighted by atomic mass is 32.3. The minimum absolute atomic E-state index is 0.0892. The number of fused-ring (bicyclic) bond motifs is 3. The van der Waals surface area contributed by atoms with E-state index in [4.69, 9.17) is 30.5 Å². The zero-order chi connectivity index (χ0) is 58.0. The largest absolute Gasteiger partial charge is 0.759 e. The van der Waals surface area contributed by atoms with Crippen molar-refractivity contribution in [2.75, 3.05) is 0 Å².